The van der Waals surface area contributed by atoms with Crippen LogP contribution in [0.15, 0.2) is 53.0 Å². The largest absolute Gasteiger partial charge is 0.370 e. The first-order chi connectivity index (χ1) is 10.3. The van der Waals surface area contributed by atoms with Gasteiger partial charge in [-0.1, -0.05) is 24.3 Å². The molecule has 2 heterocycles. The van der Waals surface area contributed by atoms with E-state index in [0.717, 1.165) is 12.1 Å². The third kappa shape index (κ3) is 3.44. The maximum atomic E-state index is 5.78. The number of H-pyrrole nitrogens is 1. The number of nitrogens with two attached hydrogens (primary N) is 1. The smallest absolute Gasteiger partial charge is 0.188 e. The maximum Gasteiger partial charge on any atom is 0.188 e. The van der Waals surface area contributed by atoms with Crippen molar-refractivity contribution in [3.63, 3.8) is 0 Å². The summed E-state index contributed by atoms with van der Waals surface area (Å²) in [6.07, 6.45) is 2.09. The second kappa shape index (κ2) is 7.64. The molecule has 6 heteroatoms. The van der Waals surface area contributed by atoms with Crippen LogP contribution in [0.5, 0.6) is 0 Å². The van der Waals surface area contributed by atoms with E-state index >= 15 is 0 Å². The molecule has 0 aliphatic rings. The molecule has 0 saturated carbocycles. The van der Waals surface area contributed by atoms with Crippen molar-refractivity contribution < 1.29 is 0 Å². The van der Waals surface area contributed by atoms with E-state index in [2.05, 4.69) is 57.2 Å². The number of hydrogen-bond acceptors (Lipinski definition) is 2. The molecule has 0 amide bonds. The van der Waals surface area contributed by atoms with Gasteiger partial charge in [-0.15, -0.1) is 35.3 Å². The molecule has 1 atom stereocenters. The lowest BCUT2D eigenvalue weighted by molar-refractivity contribution is 0.768. The zero-order valence-electron chi connectivity index (χ0n) is 12.2. The first kappa shape index (κ1) is 16.8. The van der Waals surface area contributed by atoms with E-state index in [1.165, 1.54) is 15.8 Å². The third-order valence-electron chi connectivity index (χ3n) is 3.61. The molecule has 0 aliphatic heterocycles. The van der Waals surface area contributed by atoms with Gasteiger partial charge in [0.1, 0.15) is 0 Å². The van der Waals surface area contributed by atoms with Gasteiger partial charge in [0.2, 0.25) is 0 Å². The van der Waals surface area contributed by atoms with Crippen molar-refractivity contribution in [2.24, 2.45) is 10.7 Å². The van der Waals surface area contributed by atoms with E-state index in [1.54, 1.807) is 18.4 Å². The van der Waals surface area contributed by atoms with Gasteiger partial charge in [0.25, 0.3) is 0 Å². The molecule has 0 fully saturated rings. The molecule has 4 nitrogen and oxygen atoms in total. The standard InChI is InChI=1S/C16H18N4S.HI/c1-18-16(17)20-10-13(15-7-4-8-21-15)12-9-19-14-6-3-2-5-11(12)14;/h2-9,13,19H,10H2,1H3,(H3,17,18,20);1H. The highest BCUT2D eigenvalue weighted by Crippen LogP contribution is 2.32. The van der Waals surface area contributed by atoms with Crippen LogP contribution in [0.3, 0.4) is 0 Å². The van der Waals surface area contributed by atoms with E-state index in [0.29, 0.717) is 5.96 Å². The fourth-order valence-electron chi connectivity index (χ4n) is 2.52. The summed E-state index contributed by atoms with van der Waals surface area (Å²) < 4.78 is 0. The molecule has 0 spiro atoms. The van der Waals surface area contributed by atoms with Crippen molar-refractivity contribution in [2.45, 2.75) is 5.92 Å². The SMILES string of the molecule is CN=C(N)NCC(c1cccs1)c1c[nH]c2ccccc12.I. The lowest BCUT2D eigenvalue weighted by Gasteiger charge is -2.16. The molecule has 116 valence electrons. The Bertz CT molecular complexity index is 748. The lowest BCUT2D eigenvalue weighted by atomic mass is 9.97. The first-order valence-corrected chi connectivity index (χ1v) is 7.73. The number of thiophene rings is 1. The van der Waals surface area contributed by atoms with Crippen molar-refractivity contribution in [3.05, 3.63) is 58.4 Å². The Balaban J connectivity index is 0.00000176. The van der Waals surface area contributed by atoms with Gasteiger partial charge in [0.15, 0.2) is 5.96 Å². The molecular weight excluding hydrogens is 407 g/mol. The molecule has 0 bridgehead atoms. The Morgan fingerprint density at radius 1 is 1.32 bits per heavy atom. The summed E-state index contributed by atoms with van der Waals surface area (Å²) >= 11 is 1.76. The monoisotopic (exact) mass is 426 g/mol. The molecule has 1 unspecified atom stereocenters. The summed E-state index contributed by atoms with van der Waals surface area (Å²) in [5, 5.41) is 6.55. The maximum absolute atomic E-state index is 5.78. The van der Waals surface area contributed by atoms with Gasteiger partial charge in [-0.05, 0) is 23.1 Å². The van der Waals surface area contributed by atoms with Crippen LogP contribution in [0.4, 0.5) is 0 Å². The number of aromatic nitrogens is 1. The number of rotatable bonds is 4. The fourth-order valence-corrected chi connectivity index (χ4v) is 3.37. The van der Waals surface area contributed by atoms with E-state index in [9.17, 15) is 0 Å². The van der Waals surface area contributed by atoms with Crippen molar-refractivity contribution in [1.29, 1.82) is 0 Å². The van der Waals surface area contributed by atoms with Crippen molar-refractivity contribution in [2.75, 3.05) is 13.6 Å². The van der Waals surface area contributed by atoms with Gasteiger partial charge < -0.3 is 16.0 Å². The van der Waals surface area contributed by atoms with Crippen molar-refractivity contribution in [1.82, 2.24) is 10.3 Å². The molecular formula is C16H19IN4S. The second-order valence-electron chi connectivity index (χ2n) is 4.85. The number of guanidine groups is 1. The van der Waals surface area contributed by atoms with Crippen LogP contribution >= 0.6 is 35.3 Å². The molecule has 1 aromatic carbocycles. The van der Waals surface area contributed by atoms with Gasteiger partial charge >= 0.3 is 0 Å². The number of halogens is 1. The summed E-state index contributed by atoms with van der Waals surface area (Å²) in [6, 6.07) is 12.6. The topological polar surface area (TPSA) is 66.2 Å². The number of benzene rings is 1. The minimum atomic E-state index is 0. The number of para-hydroxylation sites is 1. The summed E-state index contributed by atoms with van der Waals surface area (Å²) in [7, 11) is 1.69. The molecule has 0 saturated heterocycles. The quantitative estimate of drug-likeness (QED) is 0.340. The average Bonchev–Trinajstić information content (AvgIpc) is 3.17. The summed E-state index contributed by atoms with van der Waals surface area (Å²) in [5.74, 6) is 0.720. The Kier molecular flexibility index (Phi) is 5.84. The van der Waals surface area contributed by atoms with E-state index in [4.69, 9.17) is 5.73 Å². The zero-order valence-corrected chi connectivity index (χ0v) is 15.4. The molecule has 4 N–H and O–H groups in total. The Hall–Kier alpha value is -1.54. The van der Waals surface area contributed by atoms with Gasteiger partial charge in [0, 0.05) is 41.5 Å². The number of aromatic amines is 1. The van der Waals surface area contributed by atoms with Crippen LogP contribution < -0.4 is 11.1 Å². The van der Waals surface area contributed by atoms with Crippen LogP contribution in [0.1, 0.15) is 16.4 Å². The molecule has 0 aliphatic carbocycles. The van der Waals surface area contributed by atoms with Crippen LogP contribution in [0.25, 0.3) is 10.9 Å². The van der Waals surface area contributed by atoms with Gasteiger partial charge in [-0.2, -0.15) is 0 Å². The molecule has 0 radical (unpaired) electrons. The van der Waals surface area contributed by atoms with Gasteiger partial charge in [-0.25, -0.2) is 0 Å². The molecule has 3 rings (SSSR count). The number of nitrogens with zero attached hydrogens (tertiary/aromatic N) is 1. The van der Waals surface area contributed by atoms with Gasteiger partial charge in [-0.3, -0.25) is 4.99 Å². The van der Waals surface area contributed by atoms with Gasteiger partial charge in [0.05, 0.1) is 0 Å². The summed E-state index contributed by atoms with van der Waals surface area (Å²) in [5.41, 5.74) is 8.22. The molecule has 22 heavy (non-hydrogen) atoms. The van der Waals surface area contributed by atoms with Crippen molar-refractivity contribution in [3.8, 4) is 0 Å². The third-order valence-corrected chi connectivity index (χ3v) is 4.60. The number of hydrogen-bond donors (Lipinski definition) is 3. The highest BCUT2D eigenvalue weighted by atomic mass is 127. The number of nitrogens with one attached hydrogen (secondary N) is 2. The Morgan fingerprint density at radius 2 is 2.14 bits per heavy atom. The first-order valence-electron chi connectivity index (χ1n) is 6.85. The lowest BCUT2D eigenvalue weighted by Crippen LogP contribution is -2.34. The van der Waals surface area contributed by atoms with Crippen LogP contribution in [0.2, 0.25) is 0 Å². The highest BCUT2D eigenvalue weighted by Gasteiger charge is 2.19. The minimum Gasteiger partial charge on any atom is -0.370 e. The van der Waals surface area contributed by atoms with Crippen molar-refractivity contribution >= 4 is 52.2 Å². The summed E-state index contributed by atoms with van der Waals surface area (Å²) in [6.45, 7) is 0.728. The predicted octanol–water partition coefficient (Wildman–Crippen LogP) is 3.51. The number of fused-ring (bicyclic) bond motifs is 1. The summed E-state index contributed by atoms with van der Waals surface area (Å²) in [4.78, 5) is 8.63. The van der Waals surface area contributed by atoms with E-state index in [-0.39, 0.29) is 29.9 Å². The Labute approximate surface area is 150 Å². The zero-order chi connectivity index (χ0) is 14.7. The molecule has 2 aromatic heterocycles. The Morgan fingerprint density at radius 3 is 2.86 bits per heavy atom. The second-order valence-corrected chi connectivity index (χ2v) is 5.83. The van der Waals surface area contributed by atoms with E-state index < -0.39 is 0 Å². The average molecular weight is 426 g/mol. The van der Waals surface area contributed by atoms with E-state index in [1.807, 2.05) is 6.07 Å². The normalized spacial score (nSPS) is 12.9. The van der Waals surface area contributed by atoms with Crippen LogP contribution in [0, 0.1) is 0 Å². The highest BCUT2D eigenvalue weighted by molar-refractivity contribution is 14.0. The number of aliphatic imine (C=N–C) groups is 1. The van der Waals surface area contributed by atoms with Crippen LogP contribution in [-0.2, 0) is 0 Å². The molecule has 3 aromatic rings. The van der Waals surface area contributed by atoms with Crippen LogP contribution in [-0.4, -0.2) is 24.5 Å². The minimum absolute atomic E-state index is 0. The predicted molar refractivity (Wildman–Crippen MR) is 105 cm³/mol. The fraction of sp³-hybridized carbons (Fsp3) is 0.188.